The number of fused-ring (bicyclic) bond motifs is 3. The van der Waals surface area contributed by atoms with E-state index in [1.807, 2.05) is 0 Å². The van der Waals surface area contributed by atoms with Crippen LogP contribution in [0.2, 0.25) is 0 Å². The van der Waals surface area contributed by atoms with Gasteiger partial charge in [0.15, 0.2) is 0 Å². The van der Waals surface area contributed by atoms with Gasteiger partial charge in [-0.2, -0.15) is 0 Å². The molecule has 2 unspecified atom stereocenters. The van der Waals surface area contributed by atoms with Crippen LogP contribution in [-0.2, 0) is 6.42 Å². The minimum absolute atomic E-state index is 0.799. The Morgan fingerprint density at radius 3 is 2.93 bits per heavy atom. The highest BCUT2D eigenvalue weighted by molar-refractivity contribution is 5.36. The molecule has 0 bridgehead atoms. The summed E-state index contributed by atoms with van der Waals surface area (Å²) in [5, 5.41) is 0. The molecule has 3 rings (SSSR count). The lowest BCUT2D eigenvalue weighted by Gasteiger charge is -2.27. The first-order valence-corrected chi connectivity index (χ1v) is 5.59. The van der Waals surface area contributed by atoms with Gasteiger partial charge in [0.05, 0.1) is 0 Å². The number of hydrogen-bond donors (Lipinski definition) is 0. The quantitative estimate of drug-likeness (QED) is 0.539. The van der Waals surface area contributed by atoms with Gasteiger partial charge in [-0.1, -0.05) is 36.4 Å². The third kappa shape index (κ3) is 1.13. The van der Waals surface area contributed by atoms with E-state index in [2.05, 4.69) is 30.8 Å². The fraction of sp³-hybridized carbons (Fsp3) is 0.429. The summed E-state index contributed by atoms with van der Waals surface area (Å²) in [6.07, 6.45) is 5.17. The lowest BCUT2D eigenvalue weighted by molar-refractivity contribution is 0.424. The number of allylic oxidation sites excluding steroid dienone is 1. The van der Waals surface area contributed by atoms with Gasteiger partial charge < -0.3 is 0 Å². The van der Waals surface area contributed by atoms with Crippen LogP contribution in [0.5, 0.6) is 0 Å². The second-order valence-corrected chi connectivity index (χ2v) is 4.76. The molecular weight excluding hydrogens is 168 g/mol. The summed E-state index contributed by atoms with van der Waals surface area (Å²) in [6.45, 7) is 4.15. The highest BCUT2D eigenvalue weighted by Crippen LogP contribution is 2.48. The number of rotatable bonds is 0. The van der Waals surface area contributed by atoms with Crippen molar-refractivity contribution in [3.8, 4) is 0 Å². The summed E-state index contributed by atoms with van der Waals surface area (Å²) in [7, 11) is 0. The first-order chi connectivity index (χ1) is 6.84. The van der Waals surface area contributed by atoms with Crippen molar-refractivity contribution in [3.63, 3.8) is 0 Å². The fourth-order valence-corrected chi connectivity index (χ4v) is 3.21. The van der Waals surface area contributed by atoms with Gasteiger partial charge in [0.25, 0.3) is 0 Å². The average Bonchev–Trinajstić information content (AvgIpc) is 2.59. The maximum Gasteiger partial charge on any atom is -0.00906 e. The summed E-state index contributed by atoms with van der Waals surface area (Å²) < 4.78 is 0. The molecule has 2 aliphatic rings. The van der Waals surface area contributed by atoms with Gasteiger partial charge in [0.2, 0.25) is 0 Å². The molecule has 0 nitrogen and oxygen atoms in total. The molecule has 1 fully saturated rings. The maximum atomic E-state index is 4.15. The van der Waals surface area contributed by atoms with Crippen LogP contribution in [0.15, 0.2) is 36.4 Å². The zero-order valence-corrected chi connectivity index (χ0v) is 8.50. The maximum absolute atomic E-state index is 4.15. The van der Waals surface area contributed by atoms with Crippen LogP contribution in [0, 0.1) is 5.92 Å². The van der Waals surface area contributed by atoms with Crippen molar-refractivity contribution in [2.75, 3.05) is 0 Å². The van der Waals surface area contributed by atoms with Gasteiger partial charge in [-0.25, -0.2) is 0 Å². The van der Waals surface area contributed by atoms with Crippen LogP contribution >= 0.6 is 0 Å². The Bertz CT molecular complexity index is 375. The standard InChI is InChI=1S/C14H16/c1-10-8-12-7-6-11-4-2-3-5-13(11)14(12)9-10/h2-5,12,14H,1,6-9H2. The van der Waals surface area contributed by atoms with Crippen LogP contribution in [0.3, 0.4) is 0 Å². The van der Waals surface area contributed by atoms with Crippen molar-refractivity contribution in [1.29, 1.82) is 0 Å². The molecule has 0 heterocycles. The van der Waals surface area contributed by atoms with Crippen molar-refractivity contribution in [1.82, 2.24) is 0 Å². The van der Waals surface area contributed by atoms with E-state index in [1.165, 1.54) is 31.3 Å². The minimum atomic E-state index is 0.799. The van der Waals surface area contributed by atoms with Gasteiger partial charge in [0, 0.05) is 0 Å². The predicted octanol–water partition coefficient (Wildman–Crippen LogP) is 3.68. The number of hydrogen-bond acceptors (Lipinski definition) is 0. The van der Waals surface area contributed by atoms with E-state index in [-0.39, 0.29) is 0 Å². The second kappa shape index (κ2) is 2.98. The molecule has 0 radical (unpaired) electrons. The topological polar surface area (TPSA) is 0 Å². The highest BCUT2D eigenvalue weighted by atomic mass is 14.4. The third-order valence-corrected chi connectivity index (χ3v) is 3.87. The third-order valence-electron chi connectivity index (χ3n) is 3.87. The Morgan fingerprint density at radius 1 is 1.14 bits per heavy atom. The molecule has 0 saturated heterocycles. The van der Waals surface area contributed by atoms with E-state index in [1.54, 1.807) is 11.1 Å². The van der Waals surface area contributed by atoms with Crippen LogP contribution < -0.4 is 0 Å². The van der Waals surface area contributed by atoms with E-state index in [4.69, 9.17) is 0 Å². The van der Waals surface area contributed by atoms with Gasteiger partial charge in [-0.3, -0.25) is 0 Å². The SMILES string of the molecule is C=C1CC2CCc3ccccc3C2C1. The average molecular weight is 184 g/mol. The van der Waals surface area contributed by atoms with Gasteiger partial charge >= 0.3 is 0 Å². The summed E-state index contributed by atoms with van der Waals surface area (Å²) in [5.41, 5.74) is 4.67. The lowest BCUT2D eigenvalue weighted by Crippen LogP contribution is -2.15. The van der Waals surface area contributed by atoms with Crippen molar-refractivity contribution in [2.24, 2.45) is 5.92 Å². The number of benzene rings is 1. The largest absolute Gasteiger partial charge is 0.0998 e. The van der Waals surface area contributed by atoms with E-state index in [0.29, 0.717) is 0 Å². The second-order valence-electron chi connectivity index (χ2n) is 4.76. The number of aryl methyl sites for hydroxylation is 1. The smallest absolute Gasteiger partial charge is 0.00906 e. The van der Waals surface area contributed by atoms with E-state index in [9.17, 15) is 0 Å². The molecule has 0 amide bonds. The molecule has 14 heavy (non-hydrogen) atoms. The van der Waals surface area contributed by atoms with Crippen LogP contribution in [0.25, 0.3) is 0 Å². The van der Waals surface area contributed by atoms with Crippen molar-refractivity contribution in [3.05, 3.63) is 47.5 Å². The van der Waals surface area contributed by atoms with Crippen LogP contribution in [0.1, 0.15) is 36.3 Å². The molecule has 2 aliphatic carbocycles. The lowest BCUT2D eigenvalue weighted by atomic mass is 9.77. The molecule has 0 N–H and O–H groups in total. The Hall–Kier alpha value is -1.04. The molecule has 0 spiro atoms. The van der Waals surface area contributed by atoms with Crippen molar-refractivity contribution >= 4 is 0 Å². The van der Waals surface area contributed by atoms with Gasteiger partial charge in [-0.15, -0.1) is 0 Å². The molecule has 1 saturated carbocycles. The van der Waals surface area contributed by atoms with E-state index in [0.717, 1.165) is 11.8 Å². The zero-order chi connectivity index (χ0) is 9.54. The fourth-order valence-electron chi connectivity index (χ4n) is 3.21. The first-order valence-electron chi connectivity index (χ1n) is 5.59. The molecule has 0 aliphatic heterocycles. The van der Waals surface area contributed by atoms with E-state index >= 15 is 0 Å². The van der Waals surface area contributed by atoms with Gasteiger partial charge in [0.1, 0.15) is 0 Å². The Balaban J connectivity index is 2.05. The van der Waals surface area contributed by atoms with Crippen molar-refractivity contribution < 1.29 is 0 Å². The predicted molar refractivity (Wildman–Crippen MR) is 59.4 cm³/mol. The van der Waals surface area contributed by atoms with Crippen LogP contribution in [0.4, 0.5) is 0 Å². The van der Waals surface area contributed by atoms with Crippen molar-refractivity contribution in [2.45, 2.75) is 31.6 Å². The summed E-state index contributed by atoms with van der Waals surface area (Å²) in [5.74, 6) is 1.70. The highest BCUT2D eigenvalue weighted by Gasteiger charge is 2.34. The monoisotopic (exact) mass is 184 g/mol. The van der Waals surface area contributed by atoms with Crippen LogP contribution in [-0.4, -0.2) is 0 Å². The Morgan fingerprint density at radius 2 is 2.00 bits per heavy atom. The molecule has 72 valence electrons. The molecule has 1 aromatic carbocycles. The minimum Gasteiger partial charge on any atom is -0.0998 e. The molecule has 0 heteroatoms. The molecular formula is C14H16. The summed E-state index contributed by atoms with van der Waals surface area (Å²) in [4.78, 5) is 0. The van der Waals surface area contributed by atoms with Gasteiger partial charge in [-0.05, 0) is 48.6 Å². The Kier molecular flexibility index (Phi) is 1.76. The Labute approximate surface area is 85.6 Å². The normalized spacial score (nSPS) is 29.9. The first kappa shape index (κ1) is 8.28. The van der Waals surface area contributed by atoms with E-state index < -0.39 is 0 Å². The summed E-state index contributed by atoms with van der Waals surface area (Å²) in [6, 6.07) is 8.97. The zero-order valence-electron chi connectivity index (χ0n) is 8.50. The molecule has 1 aromatic rings. The summed E-state index contributed by atoms with van der Waals surface area (Å²) >= 11 is 0. The molecule has 2 atom stereocenters. The molecule has 0 aromatic heterocycles.